The van der Waals surface area contributed by atoms with Crippen LogP contribution in [0, 0.1) is 0 Å². The molecule has 0 saturated carbocycles. The number of hydrogen-bond acceptors (Lipinski definition) is 5. The fourth-order valence-corrected chi connectivity index (χ4v) is 3.78. The molecule has 0 aliphatic carbocycles. The van der Waals surface area contributed by atoms with Crippen molar-refractivity contribution in [2.24, 2.45) is 0 Å². The molecule has 7 nitrogen and oxygen atoms in total. The summed E-state index contributed by atoms with van der Waals surface area (Å²) in [5, 5.41) is 9.12. The maximum Gasteiger partial charge on any atom is 0.253 e. The minimum absolute atomic E-state index is 0.160. The van der Waals surface area contributed by atoms with Gasteiger partial charge in [-0.1, -0.05) is 24.3 Å². The van der Waals surface area contributed by atoms with E-state index in [4.69, 9.17) is 5.73 Å². The van der Waals surface area contributed by atoms with Crippen LogP contribution in [-0.4, -0.2) is 25.7 Å². The van der Waals surface area contributed by atoms with E-state index >= 15 is 0 Å². The summed E-state index contributed by atoms with van der Waals surface area (Å²) < 4.78 is 1.82. The van der Waals surface area contributed by atoms with Gasteiger partial charge in [0.25, 0.3) is 5.91 Å². The standard InChI is InChI=1S/C26H22N6O/c27-25-24-7-4-19(13-21(24)8-10-29-25)16-30-26(33)22-14-20(15-28-17-22)12-18-2-5-23(6-3-18)32-11-1-9-31-32/h1-11,13-15,17H,12,16H2,(H2,27,29)(H,30,33). The lowest BCUT2D eigenvalue weighted by Crippen LogP contribution is -2.23. The Morgan fingerprint density at radius 3 is 2.61 bits per heavy atom. The van der Waals surface area contributed by atoms with E-state index in [0.717, 1.165) is 33.2 Å². The van der Waals surface area contributed by atoms with Crippen LogP contribution < -0.4 is 11.1 Å². The number of nitrogens with zero attached hydrogens (tertiary/aromatic N) is 4. The highest BCUT2D eigenvalue weighted by atomic mass is 16.1. The average molecular weight is 435 g/mol. The van der Waals surface area contributed by atoms with Crippen LogP contribution in [0.15, 0.2) is 91.6 Å². The number of nitrogen functional groups attached to an aromatic ring is 1. The molecule has 0 unspecified atom stereocenters. The summed E-state index contributed by atoms with van der Waals surface area (Å²) in [4.78, 5) is 21.1. The lowest BCUT2D eigenvalue weighted by Gasteiger charge is -2.09. The predicted octanol–water partition coefficient (Wildman–Crippen LogP) is 3.92. The van der Waals surface area contributed by atoms with Crippen molar-refractivity contribution >= 4 is 22.5 Å². The Labute approximate surface area is 190 Å². The van der Waals surface area contributed by atoms with Gasteiger partial charge in [-0.15, -0.1) is 0 Å². The summed E-state index contributed by atoms with van der Waals surface area (Å²) >= 11 is 0. The fraction of sp³-hybridized carbons (Fsp3) is 0.0769. The van der Waals surface area contributed by atoms with Crippen molar-refractivity contribution in [2.45, 2.75) is 13.0 Å². The Balaban J connectivity index is 1.24. The SMILES string of the molecule is Nc1nccc2cc(CNC(=O)c3cncc(Cc4ccc(-n5cccn5)cc4)c3)ccc12. The first-order valence-corrected chi connectivity index (χ1v) is 10.6. The van der Waals surface area contributed by atoms with Gasteiger partial charge in [0.2, 0.25) is 0 Å². The number of aromatic nitrogens is 4. The number of benzene rings is 2. The predicted molar refractivity (Wildman–Crippen MR) is 128 cm³/mol. The van der Waals surface area contributed by atoms with E-state index < -0.39 is 0 Å². The fourth-order valence-electron chi connectivity index (χ4n) is 3.78. The molecule has 0 aliphatic rings. The van der Waals surface area contributed by atoms with Gasteiger partial charge in [0.1, 0.15) is 5.82 Å². The van der Waals surface area contributed by atoms with Crippen LogP contribution in [0.25, 0.3) is 16.5 Å². The molecule has 1 amide bonds. The Morgan fingerprint density at radius 2 is 1.79 bits per heavy atom. The van der Waals surface area contributed by atoms with Gasteiger partial charge < -0.3 is 11.1 Å². The Hall–Kier alpha value is -4.52. The van der Waals surface area contributed by atoms with Crippen molar-refractivity contribution in [1.82, 2.24) is 25.1 Å². The van der Waals surface area contributed by atoms with Gasteiger partial charge in [0.05, 0.1) is 11.3 Å². The molecule has 0 fully saturated rings. The van der Waals surface area contributed by atoms with E-state index in [9.17, 15) is 4.79 Å². The molecule has 0 spiro atoms. The number of nitrogens with one attached hydrogen (secondary N) is 1. The lowest BCUT2D eigenvalue weighted by atomic mass is 10.0. The van der Waals surface area contributed by atoms with Crippen molar-refractivity contribution in [2.75, 3.05) is 5.73 Å². The first-order valence-electron chi connectivity index (χ1n) is 10.6. The zero-order valence-electron chi connectivity index (χ0n) is 17.8. The summed E-state index contributed by atoms with van der Waals surface area (Å²) in [7, 11) is 0. The molecule has 162 valence electrons. The summed E-state index contributed by atoms with van der Waals surface area (Å²) in [5.74, 6) is 0.342. The molecule has 0 radical (unpaired) electrons. The van der Waals surface area contributed by atoms with Crippen LogP contribution in [-0.2, 0) is 13.0 Å². The number of fused-ring (bicyclic) bond motifs is 1. The summed E-state index contributed by atoms with van der Waals surface area (Å²) in [6, 6.07) is 19.7. The number of rotatable bonds is 6. The maximum absolute atomic E-state index is 12.7. The number of carbonyl (C=O) groups is 1. The Bertz CT molecular complexity index is 1410. The Morgan fingerprint density at radius 1 is 0.939 bits per heavy atom. The highest BCUT2D eigenvalue weighted by molar-refractivity contribution is 5.94. The Kier molecular flexibility index (Phi) is 5.51. The van der Waals surface area contributed by atoms with Gasteiger partial charge in [-0.25, -0.2) is 9.67 Å². The van der Waals surface area contributed by atoms with E-state index in [1.807, 2.05) is 59.4 Å². The third-order valence-corrected chi connectivity index (χ3v) is 5.48. The molecule has 0 atom stereocenters. The number of pyridine rings is 2. The van der Waals surface area contributed by atoms with Gasteiger partial charge >= 0.3 is 0 Å². The van der Waals surface area contributed by atoms with E-state index in [0.29, 0.717) is 24.3 Å². The zero-order chi connectivity index (χ0) is 22.6. The van der Waals surface area contributed by atoms with Crippen molar-refractivity contribution in [3.8, 4) is 5.69 Å². The third-order valence-electron chi connectivity index (χ3n) is 5.48. The average Bonchev–Trinajstić information content (AvgIpc) is 3.38. The van der Waals surface area contributed by atoms with Crippen LogP contribution in [0.5, 0.6) is 0 Å². The van der Waals surface area contributed by atoms with Crippen molar-refractivity contribution in [3.05, 3.63) is 114 Å². The van der Waals surface area contributed by atoms with Crippen LogP contribution in [0.1, 0.15) is 27.0 Å². The maximum atomic E-state index is 12.7. The third kappa shape index (κ3) is 4.57. The molecule has 5 aromatic rings. The molecule has 33 heavy (non-hydrogen) atoms. The summed E-state index contributed by atoms with van der Waals surface area (Å²) in [5.41, 5.74) is 10.5. The topological polar surface area (TPSA) is 98.7 Å². The normalized spacial score (nSPS) is 10.9. The largest absolute Gasteiger partial charge is 0.383 e. The van der Waals surface area contributed by atoms with E-state index in [-0.39, 0.29) is 5.91 Å². The van der Waals surface area contributed by atoms with E-state index in [1.54, 1.807) is 24.8 Å². The van der Waals surface area contributed by atoms with Gasteiger partial charge in [0, 0.05) is 42.9 Å². The number of amides is 1. The van der Waals surface area contributed by atoms with Gasteiger partial charge in [-0.05, 0) is 64.9 Å². The van der Waals surface area contributed by atoms with Crippen LogP contribution in [0.2, 0.25) is 0 Å². The lowest BCUT2D eigenvalue weighted by molar-refractivity contribution is 0.0950. The van der Waals surface area contributed by atoms with Crippen molar-refractivity contribution in [1.29, 1.82) is 0 Å². The molecule has 0 saturated heterocycles. The quantitative estimate of drug-likeness (QED) is 0.422. The summed E-state index contributed by atoms with van der Waals surface area (Å²) in [6.45, 7) is 0.413. The van der Waals surface area contributed by atoms with E-state index in [2.05, 4.69) is 32.5 Å². The second kappa shape index (κ2) is 8.92. The first-order chi connectivity index (χ1) is 16.2. The van der Waals surface area contributed by atoms with Crippen molar-refractivity contribution < 1.29 is 4.79 Å². The first kappa shape index (κ1) is 20.4. The molecular formula is C26H22N6O. The number of hydrogen-bond donors (Lipinski definition) is 2. The number of anilines is 1. The molecule has 3 aromatic heterocycles. The van der Waals surface area contributed by atoms with Gasteiger partial charge in [-0.3, -0.25) is 9.78 Å². The highest BCUT2D eigenvalue weighted by Gasteiger charge is 2.09. The highest BCUT2D eigenvalue weighted by Crippen LogP contribution is 2.20. The van der Waals surface area contributed by atoms with Crippen LogP contribution in [0.3, 0.4) is 0 Å². The molecule has 3 heterocycles. The smallest absolute Gasteiger partial charge is 0.253 e. The van der Waals surface area contributed by atoms with Gasteiger partial charge in [0.15, 0.2) is 0 Å². The second-order valence-corrected chi connectivity index (χ2v) is 7.81. The number of nitrogens with two attached hydrogens (primary N) is 1. The number of carbonyl (C=O) groups excluding carboxylic acids is 1. The zero-order valence-corrected chi connectivity index (χ0v) is 17.8. The molecule has 5 rings (SSSR count). The second-order valence-electron chi connectivity index (χ2n) is 7.81. The molecule has 3 N–H and O–H groups in total. The minimum atomic E-state index is -0.160. The minimum Gasteiger partial charge on any atom is -0.383 e. The molecule has 7 heteroatoms. The van der Waals surface area contributed by atoms with Crippen molar-refractivity contribution in [3.63, 3.8) is 0 Å². The summed E-state index contributed by atoms with van der Waals surface area (Å²) in [6.07, 6.45) is 9.41. The van der Waals surface area contributed by atoms with Gasteiger partial charge in [-0.2, -0.15) is 5.10 Å². The monoisotopic (exact) mass is 434 g/mol. The van der Waals surface area contributed by atoms with E-state index in [1.165, 1.54) is 0 Å². The molecule has 0 aliphatic heterocycles. The molecular weight excluding hydrogens is 412 g/mol. The van der Waals surface area contributed by atoms with Crippen LogP contribution >= 0.6 is 0 Å². The molecule has 0 bridgehead atoms. The molecule has 2 aromatic carbocycles. The van der Waals surface area contributed by atoms with Crippen LogP contribution in [0.4, 0.5) is 5.82 Å².